The van der Waals surface area contributed by atoms with Gasteiger partial charge in [-0.2, -0.15) is 0 Å². The summed E-state index contributed by atoms with van der Waals surface area (Å²) in [5.74, 6) is -0.866. The van der Waals surface area contributed by atoms with Gasteiger partial charge in [0.1, 0.15) is 17.7 Å². The average molecular weight is 538 g/mol. The van der Waals surface area contributed by atoms with Crippen LogP contribution in [0.1, 0.15) is 88.7 Å². The molecule has 3 atom stereocenters. The van der Waals surface area contributed by atoms with Crippen molar-refractivity contribution in [1.29, 1.82) is 0 Å². The zero-order valence-electron chi connectivity index (χ0n) is 25.6. The fraction of sp³-hybridized carbons (Fsp3) is 0.531. The Bertz CT molecular complexity index is 1140. The molecule has 0 saturated carbocycles. The van der Waals surface area contributed by atoms with Crippen molar-refractivity contribution in [3.63, 3.8) is 0 Å². The van der Waals surface area contributed by atoms with Crippen molar-refractivity contribution in [3.05, 3.63) is 64.2 Å². The molecule has 0 heterocycles. The van der Waals surface area contributed by atoms with Gasteiger partial charge in [0.05, 0.1) is 0 Å². The molecule has 39 heavy (non-hydrogen) atoms. The Morgan fingerprint density at radius 1 is 0.923 bits per heavy atom. The van der Waals surface area contributed by atoms with Gasteiger partial charge in [-0.05, 0) is 84.4 Å². The van der Waals surface area contributed by atoms with Gasteiger partial charge in [0.25, 0.3) is 5.91 Å². The van der Waals surface area contributed by atoms with Gasteiger partial charge in [0, 0.05) is 11.7 Å². The lowest BCUT2D eigenvalue weighted by atomic mass is 9.94. The Hall–Kier alpha value is -3.35. The average Bonchev–Trinajstić information content (AvgIpc) is 2.80. The minimum absolute atomic E-state index is 0.238. The predicted molar refractivity (Wildman–Crippen MR) is 158 cm³/mol. The van der Waals surface area contributed by atoms with Crippen LogP contribution in [0.5, 0.6) is 0 Å². The molecule has 0 fully saturated rings. The van der Waals surface area contributed by atoms with Crippen LogP contribution >= 0.6 is 0 Å². The van der Waals surface area contributed by atoms with Crippen molar-refractivity contribution in [2.45, 2.75) is 106 Å². The van der Waals surface area contributed by atoms with E-state index < -0.39 is 23.8 Å². The van der Waals surface area contributed by atoms with E-state index in [0.717, 1.165) is 33.5 Å². The second-order valence-electron chi connectivity index (χ2n) is 12.0. The van der Waals surface area contributed by atoms with E-state index in [-0.39, 0.29) is 23.8 Å². The van der Waals surface area contributed by atoms with Crippen LogP contribution in [0, 0.1) is 33.6 Å². The molecule has 2 rings (SSSR count). The lowest BCUT2D eigenvalue weighted by Crippen LogP contribution is -2.56. The summed E-state index contributed by atoms with van der Waals surface area (Å²) in [6, 6.07) is 9.73. The molecule has 0 aliphatic rings. The molecule has 3 amide bonds. The quantitative estimate of drug-likeness (QED) is 0.369. The van der Waals surface area contributed by atoms with Crippen molar-refractivity contribution >= 4 is 23.6 Å². The molecule has 0 spiro atoms. The second kappa shape index (κ2) is 13.1. The minimum atomic E-state index is -0.910. The molecule has 7 nitrogen and oxygen atoms in total. The van der Waals surface area contributed by atoms with Gasteiger partial charge in [-0.25, -0.2) is 4.79 Å². The molecular weight excluding hydrogens is 490 g/mol. The minimum Gasteiger partial charge on any atom is -0.444 e. The van der Waals surface area contributed by atoms with Crippen molar-refractivity contribution in [3.8, 4) is 0 Å². The molecule has 0 saturated heterocycles. The Morgan fingerprint density at radius 3 is 1.92 bits per heavy atom. The van der Waals surface area contributed by atoms with Crippen LogP contribution in [0.25, 0.3) is 0 Å². The van der Waals surface area contributed by atoms with Crippen LogP contribution < -0.4 is 10.6 Å². The highest BCUT2D eigenvalue weighted by Gasteiger charge is 2.40. The highest BCUT2D eigenvalue weighted by atomic mass is 16.6. The van der Waals surface area contributed by atoms with Crippen molar-refractivity contribution < 1.29 is 19.1 Å². The number of rotatable bonds is 9. The van der Waals surface area contributed by atoms with Crippen molar-refractivity contribution in [2.75, 3.05) is 5.32 Å². The molecule has 0 aliphatic heterocycles. The number of aryl methyl sites for hydroxylation is 4. The zero-order chi connectivity index (χ0) is 29.7. The summed E-state index contributed by atoms with van der Waals surface area (Å²) in [7, 11) is 0. The van der Waals surface area contributed by atoms with E-state index in [1.807, 2.05) is 91.8 Å². The predicted octanol–water partition coefficient (Wildman–Crippen LogP) is 6.78. The third-order valence-corrected chi connectivity index (χ3v) is 6.74. The molecular formula is C32H47N3O4. The largest absolute Gasteiger partial charge is 0.444 e. The van der Waals surface area contributed by atoms with Gasteiger partial charge < -0.3 is 20.3 Å². The lowest BCUT2D eigenvalue weighted by molar-refractivity contribution is -0.144. The maximum Gasteiger partial charge on any atom is 0.408 e. The van der Waals surface area contributed by atoms with E-state index in [9.17, 15) is 14.4 Å². The summed E-state index contributed by atoms with van der Waals surface area (Å²) in [5, 5.41) is 5.91. The van der Waals surface area contributed by atoms with E-state index in [1.165, 1.54) is 0 Å². The molecule has 0 aliphatic carbocycles. The fourth-order valence-electron chi connectivity index (χ4n) is 4.71. The van der Waals surface area contributed by atoms with Gasteiger partial charge in [-0.15, -0.1) is 0 Å². The van der Waals surface area contributed by atoms with E-state index >= 15 is 0 Å². The standard InChI is InChI=1S/C32H47N3O4/c1-12-24(8)35(30(37)26(19(2)3)34-31(38)39-32(9,10)11)28(25-17-20(4)16-21(5)18-25)29(36)33-27-22(6)14-13-15-23(27)7/h13-19,24,26,28H,12H2,1-11H3,(H,33,36)(H,34,38). The van der Waals surface area contributed by atoms with Gasteiger partial charge in [-0.3, -0.25) is 9.59 Å². The first-order chi connectivity index (χ1) is 18.0. The number of amides is 3. The van der Waals surface area contributed by atoms with E-state index in [1.54, 1.807) is 25.7 Å². The smallest absolute Gasteiger partial charge is 0.408 e. The molecule has 2 aromatic carbocycles. The van der Waals surface area contributed by atoms with Crippen LogP contribution in [0.3, 0.4) is 0 Å². The molecule has 214 valence electrons. The van der Waals surface area contributed by atoms with Gasteiger partial charge in [0.2, 0.25) is 5.91 Å². The first-order valence-corrected chi connectivity index (χ1v) is 13.8. The lowest BCUT2D eigenvalue weighted by Gasteiger charge is -2.39. The number of hydrogen-bond acceptors (Lipinski definition) is 4. The Labute approximate surface area is 234 Å². The molecule has 0 aromatic heterocycles. The first-order valence-electron chi connectivity index (χ1n) is 13.8. The summed E-state index contributed by atoms with van der Waals surface area (Å²) in [6.07, 6.45) is -0.0392. The monoisotopic (exact) mass is 537 g/mol. The van der Waals surface area contributed by atoms with Crippen LogP contribution in [0.2, 0.25) is 0 Å². The summed E-state index contributed by atoms with van der Waals surface area (Å²) < 4.78 is 5.46. The van der Waals surface area contributed by atoms with Gasteiger partial charge in [0.15, 0.2) is 0 Å². The third kappa shape index (κ3) is 8.57. The molecule has 0 radical (unpaired) electrons. The molecule has 7 heteroatoms. The van der Waals surface area contributed by atoms with Crippen molar-refractivity contribution in [1.82, 2.24) is 10.2 Å². The summed E-state index contributed by atoms with van der Waals surface area (Å²) in [5.41, 5.74) is 4.63. The van der Waals surface area contributed by atoms with Crippen LogP contribution in [0.15, 0.2) is 36.4 Å². The highest BCUT2D eigenvalue weighted by Crippen LogP contribution is 2.31. The number of carbonyl (C=O) groups is 3. The normalized spacial score (nSPS) is 13.8. The molecule has 2 N–H and O–H groups in total. The topological polar surface area (TPSA) is 87.7 Å². The summed E-state index contributed by atoms with van der Waals surface area (Å²) >= 11 is 0. The van der Waals surface area contributed by atoms with E-state index in [0.29, 0.717) is 6.42 Å². The van der Waals surface area contributed by atoms with Crippen LogP contribution in [-0.2, 0) is 14.3 Å². The maximum absolute atomic E-state index is 14.3. The second-order valence-corrected chi connectivity index (χ2v) is 12.0. The first kappa shape index (κ1) is 31.9. The number of benzene rings is 2. The maximum atomic E-state index is 14.3. The van der Waals surface area contributed by atoms with Gasteiger partial charge in [-0.1, -0.05) is 68.3 Å². The molecule has 3 unspecified atom stereocenters. The van der Waals surface area contributed by atoms with E-state index in [4.69, 9.17) is 4.74 Å². The van der Waals surface area contributed by atoms with Crippen LogP contribution in [-0.4, -0.2) is 40.5 Å². The number of hydrogen-bond donors (Lipinski definition) is 2. The number of ether oxygens (including phenoxy) is 1. The molecule has 2 aromatic rings. The number of alkyl carbamates (subject to hydrolysis) is 1. The number of nitrogens with one attached hydrogen (secondary N) is 2. The molecule has 0 bridgehead atoms. The Kier molecular flexibility index (Phi) is 10.7. The van der Waals surface area contributed by atoms with E-state index in [2.05, 4.69) is 10.6 Å². The summed E-state index contributed by atoms with van der Waals surface area (Å²) in [6.45, 7) is 20.9. The Morgan fingerprint density at radius 2 is 1.46 bits per heavy atom. The van der Waals surface area contributed by atoms with Crippen molar-refractivity contribution in [2.24, 2.45) is 5.92 Å². The van der Waals surface area contributed by atoms with Crippen LogP contribution in [0.4, 0.5) is 10.5 Å². The van der Waals surface area contributed by atoms with Gasteiger partial charge >= 0.3 is 6.09 Å². The highest BCUT2D eigenvalue weighted by molar-refractivity contribution is 6.00. The Balaban J connectivity index is 2.65. The fourth-order valence-corrected chi connectivity index (χ4v) is 4.71. The third-order valence-electron chi connectivity index (χ3n) is 6.74. The SMILES string of the molecule is CCC(C)N(C(=O)C(NC(=O)OC(C)(C)C)C(C)C)C(C(=O)Nc1c(C)cccc1C)c1cc(C)cc(C)c1. The number of anilines is 1. The number of nitrogens with zero attached hydrogens (tertiary/aromatic N) is 1. The summed E-state index contributed by atoms with van der Waals surface area (Å²) in [4.78, 5) is 42.9. The number of carbonyl (C=O) groups excluding carboxylic acids is 3. The number of para-hydroxylation sites is 1. The zero-order valence-corrected chi connectivity index (χ0v) is 25.6.